The van der Waals surface area contributed by atoms with Crippen LogP contribution in [0.3, 0.4) is 0 Å². The highest BCUT2D eigenvalue weighted by molar-refractivity contribution is 5.81. The van der Waals surface area contributed by atoms with E-state index in [1.165, 1.54) is 0 Å². The van der Waals surface area contributed by atoms with Gasteiger partial charge in [0.2, 0.25) is 5.91 Å². The third kappa shape index (κ3) is 7.31. The Kier molecular flexibility index (Phi) is 6.47. The minimum atomic E-state index is -0.131. The van der Waals surface area contributed by atoms with Gasteiger partial charge in [0.15, 0.2) is 0 Å². The number of rotatable bonds is 9. The summed E-state index contributed by atoms with van der Waals surface area (Å²) in [4.78, 5) is 13.7. The molecule has 17 heavy (non-hydrogen) atoms. The predicted octanol–water partition coefficient (Wildman–Crippen LogP) is -0.179. The van der Waals surface area contributed by atoms with E-state index in [1.54, 1.807) is 0 Å². The molecular weight excluding hydrogens is 218 g/mol. The number of hydrogen-bond donors (Lipinski definition) is 2. The molecule has 0 aromatic rings. The summed E-state index contributed by atoms with van der Waals surface area (Å²) in [6, 6.07) is 0.302. The van der Waals surface area contributed by atoms with E-state index in [0.717, 1.165) is 26.0 Å². The smallest absolute Gasteiger partial charge is 0.237 e. The summed E-state index contributed by atoms with van der Waals surface area (Å²) in [5.41, 5.74) is 0. The van der Waals surface area contributed by atoms with Crippen LogP contribution in [-0.2, 0) is 9.53 Å². The van der Waals surface area contributed by atoms with E-state index in [0.29, 0.717) is 19.2 Å². The first-order chi connectivity index (χ1) is 8.09. The van der Waals surface area contributed by atoms with Crippen LogP contribution < -0.4 is 10.6 Å². The van der Waals surface area contributed by atoms with Crippen molar-refractivity contribution in [2.75, 3.05) is 40.4 Å². The minimum Gasteiger partial charge on any atom is -0.379 e. The van der Waals surface area contributed by atoms with E-state index < -0.39 is 0 Å². The molecule has 1 aliphatic carbocycles. The molecule has 0 aromatic carbocycles. The summed E-state index contributed by atoms with van der Waals surface area (Å²) in [7, 11) is 4.04. The van der Waals surface area contributed by atoms with Crippen LogP contribution in [-0.4, -0.2) is 63.3 Å². The van der Waals surface area contributed by atoms with E-state index in [4.69, 9.17) is 4.74 Å². The lowest BCUT2D eigenvalue weighted by molar-refractivity contribution is -0.122. The van der Waals surface area contributed by atoms with Gasteiger partial charge in [0.05, 0.1) is 19.3 Å². The third-order valence-electron chi connectivity index (χ3n) is 2.70. The van der Waals surface area contributed by atoms with Crippen LogP contribution in [0, 0.1) is 0 Å². The molecule has 1 atom stereocenters. The van der Waals surface area contributed by atoms with E-state index in [1.807, 2.05) is 21.0 Å². The SMILES string of the molecule is CC(NCCOCCN(C)C)C(=O)NC1CC1. The van der Waals surface area contributed by atoms with Crippen LogP contribution in [0.25, 0.3) is 0 Å². The Balaban J connectivity index is 1.92. The fraction of sp³-hybridized carbons (Fsp3) is 0.917. The first-order valence-corrected chi connectivity index (χ1v) is 6.36. The maximum Gasteiger partial charge on any atom is 0.237 e. The average Bonchev–Trinajstić information content (AvgIpc) is 3.06. The molecule has 1 aliphatic rings. The molecule has 1 amide bonds. The monoisotopic (exact) mass is 243 g/mol. The van der Waals surface area contributed by atoms with E-state index in [9.17, 15) is 4.79 Å². The molecule has 0 bridgehead atoms. The second-order valence-corrected chi connectivity index (χ2v) is 4.87. The lowest BCUT2D eigenvalue weighted by atomic mass is 10.3. The molecule has 0 heterocycles. The fourth-order valence-electron chi connectivity index (χ4n) is 1.34. The summed E-state index contributed by atoms with van der Waals surface area (Å²) in [5, 5.41) is 6.12. The normalized spacial score (nSPS) is 17.2. The van der Waals surface area contributed by atoms with Crippen molar-refractivity contribution in [1.82, 2.24) is 15.5 Å². The van der Waals surface area contributed by atoms with Gasteiger partial charge in [-0.3, -0.25) is 4.79 Å². The molecule has 0 aromatic heterocycles. The fourth-order valence-corrected chi connectivity index (χ4v) is 1.34. The third-order valence-corrected chi connectivity index (χ3v) is 2.70. The van der Waals surface area contributed by atoms with Crippen molar-refractivity contribution in [2.24, 2.45) is 0 Å². The first-order valence-electron chi connectivity index (χ1n) is 6.36. The van der Waals surface area contributed by atoms with Crippen LogP contribution in [0.4, 0.5) is 0 Å². The Bertz CT molecular complexity index is 230. The number of ether oxygens (including phenoxy) is 1. The highest BCUT2D eigenvalue weighted by Crippen LogP contribution is 2.18. The standard InChI is InChI=1S/C12H25N3O2/c1-10(12(16)14-11-4-5-11)13-6-8-17-9-7-15(2)3/h10-11,13H,4-9H2,1-3H3,(H,14,16). The molecule has 0 aliphatic heterocycles. The van der Waals surface area contributed by atoms with Gasteiger partial charge in [-0.2, -0.15) is 0 Å². The number of nitrogens with one attached hydrogen (secondary N) is 2. The van der Waals surface area contributed by atoms with Gasteiger partial charge in [-0.15, -0.1) is 0 Å². The molecule has 1 saturated carbocycles. The van der Waals surface area contributed by atoms with Gasteiger partial charge in [-0.1, -0.05) is 0 Å². The van der Waals surface area contributed by atoms with Crippen LogP contribution in [0.1, 0.15) is 19.8 Å². The van der Waals surface area contributed by atoms with Gasteiger partial charge in [-0.25, -0.2) is 0 Å². The van der Waals surface area contributed by atoms with Crippen molar-refractivity contribution in [1.29, 1.82) is 0 Å². The molecule has 0 spiro atoms. The number of carbonyl (C=O) groups is 1. The number of hydrogen-bond acceptors (Lipinski definition) is 4. The average molecular weight is 243 g/mol. The second kappa shape index (κ2) is 7.63. The highest BCUT2D eigenvalue weighted by Gasteiger charge is 2.25. The van der Waals surface area contributed by atoms with Crippen LogP contribution in [0.5, 0.6) is 0 Å². The minimum absolute atomic E-state index is 0.0980. The molecular formula is C12H25N3O2. The summed E-state index contributed by atoms with van der Waals surface area (Å²) in [6.45, 7) is 4.91. The number of likely N-dealkylation sites (N-methyl/N-ethyl adjacent to an activating group) is 1. The maximum atomic E-state index is 11.6. The lowest BCUT2D eigenvalue weighted by Gasteiger charge is -2.14. The van der Waals surface area contributed by atoms with Gasteiger partial charge >= 0.3 is 0 Å². The van der Waals surface area contributed by atoms with Gasteiger partial charge < -0.3 is 20.3 Å². The molecule has 1 fully saturated rings. The largest absolute Gasteiger partial charge is 0.379 e. The molecule has 100 valence electrons. The Hall–Kier alpha value is -0.650. The van der Waals surface area contributed by atoms with Crippen molar-refractivity contribution in [3.63, 3.8) is 0 Å². The van der Waals surface area contributed by atoms with Crippen LogP contribution >= 0.6 is 0 Å². The van der Waals surface area contributed by atoms with Crippen molar-refractivity contribution in [3.8, 4) is 0 Å². The topological polar surface area (TPSA) is 53.6 Å². The summed E-state index contributed by atoms with van der Waals surface area (Å²) in [6.07, 6.45) is 2.26. The summed E-state index contributed by atoms with van der Waals surface area (Å²) < 4.78 is 5.43. The molecule has 1 unspecified atom stereocenters. The molecule has 0 radical (unpaired) electrons. The molecule has 0 saturated heterocycles. The van der Waals surface area contributed by atoms with Crippen molar-refractivity contribution < 1.29 is 9.53 Å². The Morgan fingerprint density at radius 1 is 1.41 bits per heavy atom. The molecule has 5 heteroatoms. The van der Waals surface area contributed by atoms with E-state index in [2.05, 4.69) is 15.5 Å². The van der Waals surface area contributed by atoms with Crippen molar-refractivity contribution in [2.45, 2.75) is 31.8 Å². The molecule has 5 nitrogen and oxygen atoms in total. The van der Waals surface area contributed by atoms with Crippen LogP contribution in [0.2, 0.25) is 0 Å². The summed E-state index contributed by atoms with van der Waals surface area (Å²) >= 11 is 0. The maximum absolute atomic E-state index is 11.6. The van der Waals surface area contributed by atoms with Gasteiger partial charge in [0.1, 0.15) is 0 Å². The van der Waals surface area contributed by atoms with Gasteiger partial charge in [-0.05, 0) is 33.9 Å². The Morgan fingerprint density at radius 2 is 2.12 bits per heavy atom. The molecule has 1 rings (SSSR count). The van der Waals surface area contributed by atoms with Crippen LogP contribution in [0.15, 0.2) is 0 Å². The zero-order chi connectivity index (χ0) is 12.7. The number of amides is 1. The van der Waals surface area contributed by atoms with Crippen molar-refractivity contribution in [3.05, 3.63) is 0 Å². The quantitative estimate of drug-likeness (QED) is 0.552. The number of nitrogens with zero attached hydrogens (tertiary/aromatic N) is 1. The van der Waals surface area contributed by atoms with Gasteiger partial charge in [0.25, 0.3) is 0 Å². The predicted molar refractivity (Wildman–Crippen MR) is 68.0 cm³/mol. The Labute approximate surface area is 104 Å². The Morgan fingerprint density at radius 3 is 2.71 bits per heavy atom. The highest BCUT2D eigenvalue weighted by atomic mass is 16.5. The zero-order valence-corrected chi connectivity index (χ0v) is 11.2. The van der Waals surface area contributed by atoms with Crippen molar-refractivity contribution >= 4 is 5.91 Å². The van der Waals surface area contributed by atoms with E-state index >= 15 is 0 Å². The first kappa shape index (κ1) is 14.4. The van der Waals surface area contributed by atoms with E-state index in [-0.39, 0.29) is 11.9 Å². The lowest BCUT2D eigenvalue weighted by Crippen LogP contribution is -2.44. The zero-order valence-electron chi connectivity index (χ0n) is 11.2. The second-order valence-electron chi connectivity index (χ2n) is 4.87. The number of carbonyl (C=O) groups excluding carboxylic acids is 1. The van der Waals surface area contributed by atoms with Gasteiger partial charge in [0, 0.05) is 19.1 Å². The molecule has 2 N–H and O–H groups in total. The summed E-state index contributed by atoms with van der Waals surface area (Å²) in [5.74, 6) is 0.0980.